The number of fused-ring (bicyclic) bond motifs is 3. The van der Waals surface area contributed by atoms with Crippen LogP contribution in [-0.2, 0) is 17.9 Å². The van der Waals surface area contributed by atoms with E-state index in [2.05, 4.69) is 22.1 Å². The Bertz CT molecular complexity index is 1350. The van der Waals surface area contributed by atoms with Crippen LogP contribution in [0.1, 0.15) is 65.0 Å². The first-order chi connectivity index (χ1) is 16.5. The minimum absolute atomic E-state index is 0.139. The number of rotatable bonds is 4. The Morgan fingerprint density at radius 3 is 2.85 bits per heavy atom. The van der Waals surface area contributed by atoms with Gasteiger partial charge in [0.1, 0.15) is 11.9 Å². The van der Waals surface area contributed by atoms with Crippen LogP contribution < -0.4 is 5.73 Å². The first-order valence-corrected chi connectivity index (χ1v) is 11.4. The molecule has 2 aromatic heterocycles. The van der Waals surface area contributed by atoms with Gasteiger partial charge in [-0.15, -0.1) is 0 Å². The van der Waals surface area contributed by atoms with Gasteiger partial charge in [-0.25, -0.2) is 4.98 Å². The van der Waals surface area contributed by atoms with Gasteiger partial charge >= 0.3 is 0 Å². The molecule has 1 amide bonds. The molecule has 1 aromatic carbocycles. The lowest BCUT2D eigenvalue weighted by molar-refractivity contribution is 0.0636. The minimum Gasteiger partial charge on any atom is -0.383 e. The summed E-state index contributed by atoms with van der Waals surface area (Å²) < 4.78 is 5.79. The predicted octanol–water partition coefficient (Wildman–Crippen LogP) is 4.01. The maximum Gasteiger partial charge on any atom is 0.254 e. The molecule has 3 atom stereocenters. The quantitative estimate of drug-likeness (QED) is 0.633. The highest BCUT2D eigenvalue weighted by atomic mass is 16.5. The van der Waals surface area contributed by atoms with Crippen LogP contribution in [0.4, 0.5) is 5.82 Å². The van der Waals surface area contributed by atoms with Crippen LogP contribution in [0.2, 0.25) is 0 Å². The number of nitrogen functional groups attached to an aromatic ring is 1. The van der Waals surface area contributed by atoms with Crippen LogP contribution in [0.25, 0.3) is 10.9 Å². The van der Waals surface area contributed by atoms with Crippen molar-refractivity contribution in [1.82, 2.24) is 14.9 Å². The lowest BCUT2D eigenvalue weighted by atomic mass is 9.98. The number of amides is 1. The van der Waals surface area contributed by atoms with E-state index < -0.39 is 0 Å². The van der Waals surface area contributed by atoms with E-state index >= 15 is 0 Å². The van der Waals surface area contributed by atoms with E-state index in [1.54, 1.807) is 23.1 Å². The van der Waals surface area contributed by atoms with Crippen molar-refractivity contribution in [3.8, 4) is 12.1 Å². The minimum atomic E-state index is -0.220. The second-order valence-corrected chi connectivity index (χ2v) is 8.89. The number of carbonyl (C=O) groups is 1. The largest absolute Gasteiger partial charge is 0.383 e. The number of nitrogens with zero attached hydrogens (tertiary/aromatic N) is 5. The van der Waals surface area contributed by atoms with Crippen molar-refractivity contribution in [1.29, 1.82) is 10.5 Å². The molecule has 1 aliphatic carbocycles. The van der Waals surface area contributed by atoms with Crippen molar-refractivity contribution in [2.45, 2.75) is 51.5 Å². The molecule has 8 heteroatoms. The highest BCUT2D eigenvalue weighted by Crippen LogP contribution is 2.38. The van der Waals surface area contributed by atoms with Crippen molar-refractivity contribution < 1.29 is 9.53 Å². The van der Waals surface area contributed by atoms with E-state index in [-0.39, 0.29) is 30.5 Å². The molecular formula is C26H24N6O2. The monoisotopic (exact) mass is 452 g/mol. The molecule has 34 heavy (non-hydrogen) atoms. The van der Waals surface area contributed by atoms with Crippen LogP contribution >= 0.6 is 0 Å². The van der Waals surface area contributed by atoms with Gasteiger partial charge in [-0.2, -0.15) is 10.5 Å². The molecule has 0 unspecified atom stereocenters. The second kappa shape index (κ2) is 8.74. The van der Waals surface area contributed by atoms with Gasteiger partial charge in [0.25, 0.3) is 5.91 Å². The molecule has 0 radical (unpaired) electrons. The number of anilines is 1. The number of pyridine rings is 2. The van der Waals surface area contributed by atoms with Crippen molar-refractivity contribution in [2.75, 3.05) is 5.73 Å². The molecule has 170 valence electrons. The van der Waals surface area contributed by atoms with Gasteiger partial charge in [0.2, 0.25) is 0 Å². The fraction of sp³-hybridized carbons (Fsp3) is 0.346. The summed E-state index contributed by atoms with van der Waals surface area (Å²) in [7, 11) is 0. The zero-order valence-corrected chi connectivity index (χ0v) is 18.9. The van der Waals surface area contributed by atoms with Crippen LogP contribution in [-0.4, -0.2) is 26.8 Å². The molecule has 1 saturated carbocycles. The SMILES string of the molecule is C[C@H]1OCc2c1c(N)nc1ccc(C(=O)N(Cc3ccc(C#N)cn3)[C@@H]3CCC[C@@H]3C#N)cc21. The van der Waals surface area contributed by atoms with E-state index in [0.717, 1.165) is 41.3 Å². The summed E-state index contributed by atoms with van der Waals surface area (Å²) in [5.41, 5.74) is 10.4. The van der Waals surface area contributed by atoms with Crippen LogP contribution in [0, 0.1) is 28.6 Å². The number of carbonyl (C=O) groups excluding carboxylic acids is 1. The molecule has 0 saturated heterocycles. The average molecular weight is 453 g/mol. The summed E-state index contributed by atoms with van der Waals surface area (Å²) >= 11 is 0. The standard InChI is InChI=1S/C26H24N6O2/c1-15-24-21(14-34-15)20-9-17(6-8-22(20)31-25(24)29)26(33)32(23-4-2-3-18(23)11-28)13-19-7-5-16(10-27)12-30-19/h5-9,12,15,18,23H,2-4,13-14H2,1H3,(H2,29,31)/t15-,18-,23-/m1/s1. The van der Waals surface area contributed by atoms with Crippen molar-refractivity contribution in [3.05, 3.63) is 64.5 Å². The highest BCUT2D eigenvalue weighted by molar-refractivity contribution is 5.99. The topological polar surface area (TPSA) is 129 Å². The van der Waals surface area contributed by atoms with Crippen molar-refractivity contribution in [2.24, 2.45) is 5.92 Å². The normalized spacial score (nSPS) is 21.1. The molecule has 2 aliphatic rings. The number of ether oxygens (including phenoxy) is 1. The maximum absolute atomic E-state index is 13.9. The molecular weight excluding hydrogens is 428 g/mol. The van der Waals surface area contributed by atoms with Crippen molar-refractivity contribution >= 4 is 22.6 Å². The number of hydrogen-bond donors (Lipinski definition) is 1. The van der Waals surface area contributed by atoms with Crippen LogP contribution in [0.5, 0.6) is 0 Å². The summed E-state index contributed by atoms with van der Waals surface area (Å²) in [5, 5.41) is 19.6. The fourth-order valence-corrected chi connectivity index (χ4v) is 5.13. The van der Waals surface area contributed by atoms with Crippen LogP contribution in [0.3, 0.4) is 0 Å². The van der Waals surface area contributed by atoms with Gasteiger partial charge in [-0.05, 0) is 62.1 Å². The first kappa shape index (κ1) is 21.8. The molecule has 1 aliphatic heterocycles. The summed E-state index contributed by atoms with van der Waals surface area (Å²) in [4.78, 5) is 24.5. The number of nitriles is 2. The van der Waals surface area contributed by atoms with E-state index in [9.17, 15) is 10.1 Å². The average Bonchev–Trinajstić information content (AvgIpc) is 3.49. The predicted molar refractivity (Wildman–Crippen MR) is 125 cm³/mol. The van der Waals surface area contributed by atoms with E-state index in [1.165, 1.54) is 6.20 Å². The summed E-state index contributed by atoms with van der Waals surface area (Å²) in [6.45, 7) is 2.64. The zero-order chi connectivity index (χ0) is 23.8. The summed E-state index contributed by atoms with van der Waals surface area (Å²) in [5.74, 6) is 0.0865. The Kier molecular flexibility index (Phi) is 5.61. The van der Waals surface area contributed by atoms with Gasteiger partial charge < -0.3 is 15.4 Å². The van der Waals surface area contributed by atoms with Gasteiger partial charge in [-0.3, -0.25) is 9.78 Å². The third-order valence-electron chi connectivity index (χ3n) is 6.89. The summed E-state index contributed by atoms with van der Waals surface area (Å²) in [6, 6.07) is 13.1. The Morgan fingerprint density at radius 2 is 2.12 bits per heavy atom. The number of hydrogen-bond acceptors (Lipinski definition) is 7. The number of benzene rings is 1. The summed E-state index contributed by atoms with van der Waals surface area (Å²) in [6.07, 6.45) is 3.81. The van der Waals surface area contributed by atoms with Crippen LogP contribution in [0.15, 0.2) is 36.5 Å². The Balaban J connectivity index is 1.54. The zero-order valence-electron chi connectivity index (χ0n) is 18.9. The van der Waals surface area contributed by atoms with Crippen molar-refractivity contribution in [3.63, 3.8) is 0 Å². The molecule has 3 heterocycles. The first-order valence-electron chi connectivity index (χ1n) is 11.4. The van der Waals surface area contributed by atoms with E-state index in [4.69, 9.17) is 15.7 Å². The third-order valence-corrected chi connectivity index (χ3v) is 6.89. The molecule has 1 fully saturated rings. The maximum atomic E-state index is 13.9. The Labute approximate surface area is 197 Å². The molecule has 0 bridgehead atoms. The Morgan fingerprint density at radius 1 is 1.26 bits per heavy atom. The second-order valence-electron chi connectivity index (χ2n) is 8.89. The molecule has 3 aromatic rings. The number of aromatic nitrogens is 2. The fourth-order valence-electron chi connectivity index (χ4n) is 5.13. The van der Waals surface area contributed by atoms with Gasteiger partial charge in [-0.1, -0.05) is 0 Å². The van der Waals surface area contributed by atoms with Gasteiger partial charge in [0.15, 0.2) is 0 Å². The van der Waals surface area contributed by atoms with E-state index in [0.29, 0.717) is 29.2 Å². The van der Waals surface area contributed by atoms with Gasteiger partial charge in [0, 0.05) is 28.8 Å². The molecule has 5 rings (SSSR count). The molecule has 2 N–H and O–H groups in total. The molecule has 8 nitrogen and oxygen atoms in total. The lowest BCUT2D eigenvalue weighted by Gasteiger charge is -2.31. The van der Waals surface area contributed by atoms with Gasteiger partial charge in [0.05, 0.1) is 48.0 Å². The Hall–Kier alpha value is -4.01. The lowest BCUT2D eigenvalue weighted by Crippen LogP contribution is -2.41. The third kappa shape index (κ3) is 3.72. The van der Waals surface area contributed by atoms with E-state index in [1.807, 2.05) is 19.1 Å². The smallest absolute Gasteiger partial charge is 0.254 e. The highest BCUT2D eigenvalue weighted by Gasteiger charge is 2.36. The molecule has 0 spiro atoms. The number of nitrogens with two attached hydrogens (primary N) is 1.